The number of nitrogens with one attached hydrogen (secondary N) is 3. The third kappa shape index (κ3) is 13.1. The molecular weight excluding hydrogens is 514 g/mol. The average Bonchev–Trinajstić information content (AvgIpc) is 2.92. The molecule has 0 aliphatic heterocycles. The first-order valence-corrected chi connectivity index (χ1v) is 13.5. The van der Waals surface area contributed by atoms with Gasteiger partial charge in [-0.25, -0.2) is 14.4 Å². The lowest BCUT2D eigenvalue weighted by atomic mass is 10.0. The second-order valence-corrected chi connectivity index (χ2v) is 10.2. The van der Waals surface area contributed by atoms with Crippen molar-refractivity contribution in [2.75, 3.05) is 13.2 Å². The van der Waals surface area contributed by atoms with Crippen molar-refractivity contribution in [3.8, 4) is 0 Å². The molecule has 0 saturated carbocycles. The number of benzene rings is 2. The molecule has 10 heteroatoms. The molecule has 40 heavy (non-hydrogen) atoms. The maximum Gasteiger partial charge on any atom is 0.408 e. The van der Waals surface area contributed by atoms with Crippen molar-refractivity contribution in [3.05, 3.63) is 71.8 Å². The summed E-state index contributed by atoms with van der Waals surface area (Å²) >= 11 is 0. The molecule has 0 radical (unpaired) electrons. The summed E-state index contributed by atoms with van der Waals surface area (Å²) in [6.45, 7) is 7.63. The van der Waals surface area contributed by atoms with Crippen LogP contribution in [-0.2, 0) is 36.8 Å². The maximum absolute atomic E-state index is 13.3. The van der Waals surface area contributed by atoms with Gasteiger partial charge in [0.25, 0.3) is 0 Å². The number of hydrogen-bond acceptors (Lipinski definition) is 7. The summed E-state index contributed by atoms with van der Waals surface area (Å²) in [5.74, 6) is -1.13. The Hall–Kier alpha value is -4.08. The molecule has 2 rings (SSSR count). The first kappa shape index (κ1) is 32.1. The number of rotatable bonds is 14. The van der Waals surface area contributed by atoms with Crippen LogP contribution >= 0.6 is 0 Å². The maximum atomic E-state index is 13.3. The number of hydrogen-bond donors (Lipinski definition) is 3. The molecule has 10 nitrogen and oxygen atoms in total. The van der Waals surface area contributed by atoms with E-state index in [1.807, 2.05) is 67.6 Å². The highest BCUT2D eigenvalue weighted by atomic mass is 16.6. The van der Waals surface area contributed by atoms with E-state index in [0.29, 0.717) is 12.8 Å². The van der Waals surface area contributed by atoms with Crippen LogP contribution in [0.1, 0.15) is 58.1 Å². The van der Waals surface area contributed by atoms with Crippen LogP contribution in [0.5, 0.6) is 0 Å². The van der Waals surface area contributed by atoms with E-state index in [1.54, 1.807) is 20.8 Å². The first-order valence-electron chi connectivity index (χ1n) is 13.5. The van der Waals surface area contributed by atoms with Crippen LogP contribution in [0.25, 0.3) is 0 Å². The molecule has 0 spiro atoms. The van der Waals surface area contributed by atoms with Gasteiger partial charge in [0.15, 0.2) is 0 Å². The molecule has 0 bridgehead atoms. The monoisotopic (exact) mass is 555 g/mol. The zero-order valence-electron chi connectivity index (χ0n) is 23.7. The fourth-order valence-corrected chi connectivity index (χ4v) is 3.61. The van der Waals surface area contributed by atoms with Gasteiger partial charge in [-0.15, -0.1) is 0 Å². The minimum Gasteiger partial charge on any atom is -0.464 e. The summed E-state index contributed by atoms with van der Waals surface area (Å²) in [7, 11) is 0. The Kier molecular flexibility index (Phi) is 13.5. The number of carbonyl (C=O) groups is 4. The lowest BCUT2D eigenvalue weighted by Crippen LogP contribution is -2.52. The van der Waals surface area contributed by atoms with Gasteiger partial charge in [0.2, 0.25) is 5.91 Å². The van der Waals surface area contributed by atoms with Crippen molar-refractivity contribution in [1.29, 1.82) is 0 Å². The molecule has 0 heterocycles. The predicted molar refractivity (Wildman–Crippen MR) is 150 cm³/mol. The SMILES string of the molecule is CCCOC(=O)[C@H](Cc1ccccc1)NC(=O)[C@@H](CCCNC(=O)OC(C)(C)C)NC(=O)OCc1ccccc1. The van der Waals surface area contributed by atoms with Gasteiger partial charge in [0.1, 0.15) is 24.3 Å². The lowest BCUT2D eigenvalue weighted by molar-refractivity contribution is -0.148. The van der Waals surface area contributed by atoms with E-state index >= 15 is 0 Å². The molecule has 0 aliphatic carbocycles. The third-order valence-corrected chi connectivity index (χ3v) is 5.49. The quantitative estimate of drug-likeness (QED) is 0.180. The van der Waals surface area contributed by atoms with Crippen LogP contribution in [0.15, 0.2) is 60.7 Å². The van der Waals surface area contributed by atoms with Crippen LogP contribution < -0.4 is 16.0 Å². The molecule has 0 saturated heterocycles. The highest BCUT2D eigenvalue weighted by molar-refractivity contribution is 5.89. The van der Waals surface area contributed by atoms with E-state index in [1.165, 1.54) is 0 Å². The number of amides is 3. The van der Waals surface area contributed by atoms with Crippen LogP contribution in [0.3, 0.4) is 0 Å². The summed E-state index contributed by atoms with van der Waals surface area (Å²) in [5, 5.41) is 7.97. The lowest BCUT2D eigenvalue weighted by Gasteiger charge is -2.23. The minimum atomic E-state index is -1.03. The Morgan fingerprint density at radius 2 is 1.43 bits per heavy atom. The fraction of sp³-hybridized carbons (Fsp3) is 0.467. The Morgan fingerprint density at radius 3 is 2.02 bits per heavy atom. The smallest absolute Gasteiger partial charge is 0.408 e. The number of ether oxygens (including phenoxy) is 3. The average molecular weight is 556 g/mol. The van der Waals surface area contributed by atoms with E-state index < -0.39 is 41.7 Å². The second-order valence-electron chi connectivity index (χ2n) is 10.2. The highest BCUT2D eigenvalue weighted by Gasteiger charge is 2.28. The van der Waals surface area contributed by atoms with E-state index in [9.17, 15) is 19.2 Å². The van der Waals surface area contributed by atoms with Gasteiger partial charge >= 0.3 is 18.2 Å². The van der Waals surface area contributed by atoms with Crippen molar-refractivity contribution in [3.63, 3.8) is 0 Å². The Labute approximate surface area is 236 Å². The van der Waals surface area contributed by atoms with E-state index in [2.05, 4.69) is 16.0 Å². The van der Waals surface area contributed by atoms with Crippen molar-refractivity contribution < 1.29 is 33.4 Å². The predicted octanol–water partition coefficient (Wildman–Crippen LogP) is 4.27. The third-order valence-electron chi connectivity index (χ3n) is 5.49. The van der Waals surface area contributed by atoms with Crippen molar-refractivity contribution in [2.24, 2.45) is 0 Å². The van der Waals surface area contributed by atoms with Gasteiger partial charge in [-0.3, -0.25) is 4.79 Å². The Balaban J connectivity index is 2.07. The summed E-state index contributed by atoms with van der Waals surface area (Å²) in [6, 6.07) is 16.4. The molecule has 0 unspecified atom stereocenters. The Morgan fingerprint density at radius 1 is 0.800 bits per heavy atom. The van der Waals surface area contributed by atoms with Crippen LogP contribution in [0.4, 0.5) is 9.59 Å². The largest absolute Gasteiger partial charge is 0.464 e. The van der Waals surface area contributed by atoms with Crippen LogP contribution in [0, 0.1) is 0 Å². The molecule has 3 N–H and O–H groups in total. The van der Waals surface area contributed by atoms with Gasteiger partial charge in [0.05, 0.1) is 6.61 Å². The Bertz CT molecular complexity index is 1070. The molecular formula is C30H41N3O7. The molecule has 3 amide bonds. The minimum absolute atomic E-state index is 0.0290. The highest BCUT2D eigenvalue weighted by Crippen LogP contribution is 2.09. The normalized spacial score (nSPS) is 12.4. The van der Waals surface area contributed by atoms with Crippen LogP contribution in [-0.4, -0.2) is 54.9 Å². The molecule has 0 aromatic heterocycles. The molecule has 2 aromatic carbocycles. The van der Waals surface area contributed by atoms with E-state index in [0.717, 1.165) is 11.1 Å². The summed E-state index contributed by atoms with van der Waals surface area (Å²) in [6.07, 6.45) is 0.0206. The zero-order valence-corrected chi connectivity index (χ0v) is 23.7. The summed E-state index contributed by atoms with van der Waals surface area (Å²) in [5.41, 5.74) is 0.993. The van der Waals surface area contributed by atoms with E-state index in [-0.39, 0.29) is 32.6 Å². The van der Waals surface area contributed by atoms with Crippen LogP contribution in [0.2, 0.25) is 0 Å². The van der Waals surface area contributed by atoms with Gasteiger partial charge in [-0.2, -0.15) is 0 Å². The van der Waals surface area contributed by atoms with Crippen molar-refractivity contribution in [2.45, 2.75) is 77.7 Å². The zero-order chi connectivity index (χ0) is 29.4. The standard InChI is InChI=1S/C30H41N3O7/c1-5-19-38-27(35)25(20-22-13-8-6-9-14-22)32-26(34)24(17-12-18-31-28(36)40-30(2,3)4)33-29(37)39-21-23-15-10-7-11-16-23/h6-11,13-16,24-25H,5,12,17-21H2,1-4H3,(H,31,36)(H,32,34)(H,33,37)/t24-,25+/m1/s1. The topological polar surface area (TPSA) is 132 Å². The summed E-state index contributed by atoms with van der Waals surface area (Å²) < 4.78 is 15.8. The van der Waals surface area contributed by atoms with Gasteiger partial charge < -0.3 is 30.2 Å². The molecule has 0 aliphatic rings. The van der Waals surface area contributed by atoms with Gasteiger partial charge in [-0.05, 0) is 51.2 Å². The van der Waals surface area contributed by atoms with Gasteiger partial charge in [0, 0.05) is 13.0 Å². The molecule has 2 atom stereocenters. The molecule has 2 aromatic rings. The second kappa shape index (κ2) is 16.8. The first-order chi connectivity index (χ1) is 19.1. The number of esters is 1. The van der Waals surface area contributed by atoms with Gasteiger partial charge in [-0.1, -0.05) is 67.6 Å². The number of alkyl carbamates (subject to hydrolysis) is 2. The summed E-state index contributed by atoms with van der Waals surface area (Å²) in [4.78, 5) is 50.7. The molecule has 0 fully saturated rings. The van der Waals surface area contributed by atoms with Crippen molar-refractivity contribution >= 4 is 24.1 Å². The molecule has 218 valence electrons. The number of carbonyl (C=O) groups excluding carboxylic acids is 4. The van der Waals surface area contributed by atoms with Crippen molar-refractivity contribution in [1.82, 2.24) is 16.0 Å². The fourth-order valence-electron chi connectivity index (χ4n) is 3.61. The van der Waals surface area contributed by atoms with E-state index in [4.69, 9.17) is 14.2 Å².